The number of phenols is 1. The summed E-state index contributed by atoms with van der Waals surface area (Å²) in [5, 5.41) is 9.66. The van der Waals surface area contributed by atoms with Gasteiger partial charge in [-0.3, -0.25) is 4.99 Å². The van der Waals surface area contributed by atoms with Crippen LogP contribution < -0.4 is 4.74 Å². The lowest BCUT2D eigenvalue weighted by Crippen LogP contribution is -1.86. The molecule has 0 bridgehead atoms. The molecular formula is C14H13NO2. The van der Waals surface area contributed by atoms with Gasteiger partial charge < -0.3 is 9.84 Å². The Hall–Kier alpha value is -2.29. The molecule has 2 aromatic carbocycles. The minimum Gasteiger partial charge on any atom is -0.507 e. The molecule has 0 amide bonds. The molecule has 0 fully saturated rings. The van der Waals surface area contributed by atoms with Gasteiger partial charge in [0.25, 0.3) is 0 Å². The zero-order valence-corrected chi connectivity index (χ0v) is 9.50. The van der Waals surface area contributed by atoms with Gasteiger partial charge in [-0.1, -0.05) is 18.2 Å². The Morgan fingerprint density at radius 2 is 1.88 bits per heavy atom. The molecule has 2 rings (SSSR count). The predicted octanol–water partition coefficient (Wildman–Crippen LogP) is 3.15. The number of phenolic OH excluding ortho intramolecular Hbond substituents is 1. The number of aromatic hydroxyl groups is 1. The highest BCUT2D eigenvalue weighted by Crippen LogP contribution is 2.22. The summed E-state index contributed by atoms with van der Waals surface area (Å²) in [7, 11) is 1.59. The molecule has 0 atom stereocenters. The summed E-state index contributed by atoms with van der Waals surface area (Å²) in [6.45, 7) is 0. The zero-order valence-electron chi connectivity index (χ0n) is 9.50. The average Bonchev–Trinajstić information content (AvgIpc) is 2.39. The molecule has 17 heavy (non-hydrogen) atoms. The second-order valence-electron chi connectivity index (χ2n) is 3.52. The first kappa shape index (κ1) is 11.2. The SMILES string of the molecule is COc1ccc(O)c(/C=N/c2ccccc2)c1. The lowest BCUT2D eigenvalue weighted by Gasteiger charge is -2.02. The highest BCUT2D eigenvalue weighted by molar-refractivity contribution is 5.85. The van der Waals surface area contributed by atoms with Crippen LogP contribution in [0.1, 0.15) is 5.56 Å². The summed E-state index contributed by atoms with van der Waals surface area (Å²) in [6.07, 6.45) is 1.62. The Labute approximate surface area is 100 Å². The number of aliphatic imine (C=N–C) groups is 1. The molecule has 3 heteroatoms. The molecule has 0 unspecified atom stereocenters. The van der Waals surface area contributed by atoms with Crippen molar-refractivity contribution in [3.05, 3.63) is 54.1 Å². The summed E-state index contributed by atoms with van der Waals surface area (Å²) >= 11 is 0. The van der Waals surface area contributed by atoms with Crippen molar-refractivity contribution in [1.29, 1.82) is 0 Å². The van der Waals surface area contributed by atoms with Gasteiger partial charge in [-0.2, -0.15) is 0 Å². The Morgan fingerprint density at radius 3 is 2.59 bits per heavy atom. The minimum absolute atomic E-state index is 0.186. The summed E-state index contributed by atoms with van der Waals surface area (Å²) in [6, 6.07) is 14.6. The third kappa shape index (κ3) is 2.84. The van der Waals surface area contributed by atoms with Gasteiger partial charge in [0.1, 0.15) is 11.5 Å². The van der Waals surface area contributed by atoms with Crippen LogP contribution >= 0.6 is 0 Å². The molecular weight excluding hydrogens is 214 g/mol. The van der Waals surface area contributed by atoms with Crippen LogP contribution in [-0.2, 0) is 0 Å². The lowest BCUT2D eigenvalue weighted by atomic mass is 10.2. The third-order valence-electron chi connectivity index (χ3n) is 2.34. The van der Waals surface area contributed by atoms with E-state index in [9.17, 15) is 5.11 Å². The van der Waals surface area contributed by atoms with E-state index < -0.39 is 0 Å². The molecule has 1 N–H and O–H groups in total. The standard InChI is InChI=1S/C14H13NO2/c1-17-13-7-8-14(16)11(9-13)10-15-12-5-3-2-4-6-12/h2-10,16H,1H3/b15-10+. The smallest absolute Gasteiger partial charge is 0.124 e. The number of hydrogen-bond donors (Lipinski definition) is 1. The second kappa shape index (κ2) is 5.16. The van der Waals surface area contributed by atoms with Crippen molar-refractivity contribution in [3.63, 3.8) is 0 Å². The van der Waals surface area contributed by atoms with Gasteiger partial charge in [-0.05, 0) is 30.3 Å². The first-order chi connectivity index (χ1) is 8.29. The number of nitrogens with zero attached hydrogens (tertiary/aromatic N) is 1. The first-order valence-corrected chi connectivity index (χ1v) is 5.26. The van der Waals surface area contributed by atoms with E-state index in [1.807, 2.05) is 30.3 Å². The maximum atomic E-state index is 9.66. The van der Waals surface area contributed by atoms with Crippen molar-refractivity contribution in [2.24, 2.45) is 4.99 Å². The molecule has 2 aromatic rings. The molecule has 0 saturated carbocycles. The highest BCUT2D eigenvalue weighted by Gasteiger charge is 2.00. The Bertz CT molecular complexity index is 521. The lowest BCUT2D eigenvalue weighted by molar-refractivity contribution is 0.412. The van der Waals surface area contributed by atoms with Gasteiger partial charge >= 0.3 is 0 Å². The van der Waals surface area contributed by atoms with Crippen molar-refractivity contribution in [3.8, 4) is 11.5 Å². The largest absolute Gasteiger partial charge is 0.507 e. The fourth-order valence-electron chi connectivity index (χ4n) is 1.42. The van der Waals surface area contributed by atoms with Crippen LogP contribution in [0.25, 0.3) is 0 Å². The molecule has 0 heterocycles. The fourth-order valence-corrected chi connectivity index (χ4v) is 1.42. The first-order valence-electron chi connectivity index (χ1n) is 5.26. The van der Waals surface area contributed by atoms with Crippen LogP contribution in [0.15, 0.2) is 53.5 Å². The van der Waals surface area contributed by atoms with E-state index in [4.69, 9.17) is 4.74 Å². The van der Waals surface area contributed by atoms with Crippen molar-refractivity contribution >= 4 is 11.9 Å². The van der Waals surface area contributed by atoms with Crippen LogP contribution in [0.5, 0.6) is 11.5 Å². The number of hydrogen-bond acceptors (Lipinski definition) is 3. The van der Waals surface area contributed by atoms with E-state index in [2.05, 4.69) is 4.99 Å². The summed E-state index contributed by atoms with van der Waals surface area (Å²) < 4.78 is 5.09. The Kier molecular flexibility index (Phi) is 3.40. The van der Waals surface area contributed by atoms with E-state index >= 15 is 0 Å². The van der Waals surface area contributed by atoms with Crippen molar-refractivity contribution in [2.75, 3.05) is 7.11 Å². The number of para-hydroxylation sites is 1. The zero-order chi connectivity index (χ0) is 12.1. The van der Waals surface area contributed by atoms with Gasteiger partial charge in [-0.15, -0.1) is 0 Å². The van der Waals surface area contributed by atoms with E-state index in [-0.39, 0.29) is 5.75 Å². The number of benzene rings is 2. The van der Waals surface area contributed by atoms with Crippen LogP contribution in [0.2, 0.25) is 0 Å². The molecule has 3 nitrogen and oxygen atoms in total. The van der Waals surface area contributed by atoms with Crippen LogP contribution in [0, 0.1) is 0 Å². The van der Waals surface area contributed by atoms with Gasteiger partial charge in [0.2, 0.25) is 0 Å². The molecule has 0 aliphatic rings. The molecule has 0 aliphatic carbocycles. The van der Waals surface area contributed by atoms with Crippen molar-refractivity contribution < 1.29 is 9.84 Å². The van der Waals surface area contributed by atoms with E-state index in [1.54, 1.807) is 31.5 Å². The van der Waals surface area contributed by atoms with Gasteiger partial charge in [-0.25, -0.2) is 0 Å². The van der Waals surface area contributed by atoms with Gasteiger partial charge in [0.15, 0.2) is 0 Å². The maximum absolute atomic E-state index is 9.66. The molecule has 0 spiro atoms. The summed E-state index contributed by atoms with van der Waals surface area (Å²) in [5.74, 6) is 0.878. The Morgan fingerprint density at radius 1 is 1.12 bits per heavy atom. The molecule has 0 aromatic heterocycles. The summed E-state index contributed by atoms with van der Waals surface area (Å²) in [5.41, 5.74) is 1.47. The van der Waals surface area contributed by atoms with Crippen LogP contribution in [-0.4, -0.2) is 18.4 Å². The topological polar surface area (TPSA) is 41.8 Å². The van der Waals surface area contributed by atoms with E-state index in [0.29, 0.717) is 11.3 Å². The fraction of sp³-hybridized carbons (Fsp3) is 0.0714. The predicted molar refractivity (Wildman–Crippen MR) is 68.4 cm³/mol. The van der Waals surface area contributed by atoms with E-state index in [0.717, 1.165) is 5.69 Å². The average molecular weight is 227 g/mol. The maximum Gasteiger partial charge on any atom is 0.124 e. The molecule has 0 radical (unpaired) electrons. The number of ether oxygens (including phenoxy) is 1. The number of methoxy groups -OCH3 is 1. The number of rotatable bonds is 3. The van der Waals surface area contributed by atoms with Crippen molar-refractivity contribution in [2.45, 2.75) is 0 Å². The third-order valence-corrected chi connectivity index (χ3v) is 2.34. The van der Waals surface area contributed by atoms with Gasteiger partial charge in [0.05, 0.1) is 12.8 Å². The van der Waals surface area contributed by atoms with Gasteiger partial charge in [0, 0.05) is 11.8 Å². The second-order valence-corrected chi connectivity index (χ2v) is 3.52. The normalized spacial score (nSPS) is 10.6. The van der Waals surface area contributed by atoms with E-state index in [1.165, 1.54) is 0 Å². The van der Waals surface area contributed by atoms with Crippen LogP contribution in [0.4, 0.5) is 5.69 Å². The highest BCUT2D eigenvalue weighted by atomic mass is 16.5. The molecule has 86 valence electrons. The van der Waals surface area contributed by atoms with Crippen LogP contribution in [0.3, 0.4) is 0 Å². The summed E-state index contributed by atoms with van der Waals surface area (Å²) in [4.78, 5) is 4.27. The molecule has 0 aliphatic heterocycles. The van der Waals surface area contributed by atoms with Crippen molar-refractivity contribution in [1.82, 2.24) is 0 Å². The quantitative estimate of drug-likeness (QED) is 0.818. The monoisotopic (exact) mass is 227 g/mol. The minimum atomic E-state index is 0.186. The molecule has 0 saturated heterocycles. The Balaban J connectivity index is 2.26.